The van der Waals surface area contributed by atoms with Gasteiger partial charge in [-0.05, 0) is 12.5 Å². The van der Waals surface area contributed by atoms with Crippen LogP contribution in [0.25, 0.3) is 10.4 Å². The zero-order valence-electron chi connectivity index (χ0n) is 5.58. The molecule has 0 spiro atoms. The van der Waals surface area contributed by atoms with Crippen LogP contribution < -0.4 is 0 Å². The van der Waals surface area contributed by atoms with E-state index in [0.29, 0.717) is 0 Å². The van der Waals surface area contributed by atoms with E-state index in [0.717, 1.165) is 6.92 Å². The predicted molar refractivity (Wildman–Crippen MR) is 35.7 cm³/mol. The van der Waals surface area contributed by atoms with Crippen LogP contribution in [0, 0.1) is 0 Å². The van der Waals surface area contributed by atoms with Crippen LogP contribution in [0.1, 0.15) is 6.92 Å². The molecule has 0 saturated heterocycles. The van der Waals surface area contributed by atoms with Crippen molar-refractivity contribution in [3.05, 3.63) is 10.4 Å². The van der Waals surface area contributed by atoms with Gasteiger partial charge in [0.1, 0.15) is 0 Å². The molecule has 8 heteroatoms. The first-order valence-corrected chi connectivity index (χ1v) is 4.17. The Kier molecular flexibility index (Phi) is 3.22. The summed E-state index contributed by atoms with van der Waals surface area (Å²) in [5.41, 5.74) is 7.81. The first-order valence-electron chi connectivity index (χ1n) is 2.49. The average Bonchev–Trinajstić information content (AvgIpc) is 1.79. The molecular formula is C3H6N3O4P. The van der Waals surface area contributed by atoms with E-state index in [2.05, 4.69) is 10.0 Å². The van der Waals surface area contributed by atoms with E-state index < -0.39 is 19.2 Å². The Morgan fingerprint density at radius 1 is 1.73 bits per heavy atom. The number of hydrogen-bond donors (Lipinski definition) is 2. The average molecular weight is 179 g/mol. The Hall–Kier alpha value is -0.870. The molecule has 0 fully saturated rings. The van der Waals surface area contributed by atoms with E-state index in [1.54, 1.807) is 0 Å². The fourth-order valence-corrected chi connectivity index (χ4v) is 1.09. The summed E-state index contributed by atoms with van der Waals surface area (Å²) in [7, 11) is -4.62. The normalized spacial score (nSPS) is 13.4. The Labute approximate surface area is 61.8 Å². The minimum atomic E-state index is -4.62. The summed E-state index contributed by atoms with van der Waals surface area (Å²) in [6.45, 7) is 0.943. The third-order valence-electron chi connectivity index (χ3n) is 0.843. The van der Waals surface area contributed by atoms with Gasteiger partial charge in [-0.3, -0.25) is 9.36 Å². The van der Waals surface area contributed by atoms with E-state index >= 15 is 0 Å². The van der Waals surface area contributed by atoms with Crippen molar-refractivity contribution in [2.75, 3.05) is 0 Å². The number of carbonyl (C=O) groups is 1. The molecule has 0 amide bonds. The quantitative estimate of drug-likeness (QED) is 0.281. The van der Waals surface area contributed by atoms with Crippen molar-refractivity contribution in [3.63, 3.8) is 0 Å². The second-order valence-corrected chi connectivity index (χ2v) is 3.45. The maximum Gasteiger partial charge on any atom is 0.341 e. The lowest BCUT2D eigenvalue weighted by Crippen LogP contribution is -2.14. The fraction of sp³-hybridized carbons (Fsp3) is 0.667. The van der Waals surface area contributed by atoms with Crippen LogP contribution in [0.2, 0.25) is 0 Å². The molecule has 1 unspecified atom stereocenters. The number of Topliss-reactive ketones (excluding diaryl/α,β-unsaturated/α-hetero) is 1. The fourth-order valence-electron chi connectivity index (χ4n) is 0.434. The lowest BCUT2D eigenvalue weighted by Gasteiger charge is -2.07. The van der Waals surface area contributed by atoms with Crippen molar-refractivity contribution in [3.8, 4) is 0 Å². The zero-order valence-corrected chi connectivity index (χ0v) is 6.47. The van der Waals surface area contributed by atoms with Gasteiger partial charge in [0.15, 0.2) is 11.6 Å². The minimum absolute atomic E-state index is 0.851. The number of hydrogen-bond acceptors (Lipinski definition) is 3. The predicted octanol–water partition coefficient (Wildman–Crippen LogP) is 0.390. The molecule has 1 atom stereocenters. The third-order valence-corrected chi connectivity index (χ3v) is 1.95. The molecule has 0 heterocycles. The maximum absolute atomic E-state index is 10.4. The molecular weight excluding hydrogens is 173 g/mol. The number of carbonyl (C=O) groups excluding carboxylic acids is 1. The Bertz CT molecular complexity index is 249. The molecule has 0 aliphatic carbocycles. The van der Waals surface area contributed by atoms with Gasteiger partial charge >= 0.3 is 7.60 Å². The summed E-state index contributed by atoms with van der Waals surface area (Å²) in [5, 5.41) is 2.66. The summed E-state index contributed by atoms with van der Waals surface area (Å²) >= 11 is 0. The Balaban J connectivity index is 4.77. The van der Waals surface area contributed by atoms with E-state index in [4.69, 9.17) is 15.3 Å². The molecule has 7 nitrogen and oxygen atoms in total. The monoisotopic (exact) mass is 179 g/mol. The van der Waals surface area contributed by atoms with E-state index in [1.807, 2.05) is 0 Å². The van der Waals surface area contributed by atoms with Crippen LogP contribution >= 0.6 is 7.60 Å². The van der Waals surface area contributed by atoms with Crippen molar-refractivity contribution >= 4 is 13.4 Å². The van der Waals surface area contributed by atoms with Gasteiger partial charge in [0.05, 0.1) is 0 Å². The molecule has 0 aromatic carbocycles. The van der Waals surface area contributed by atoms with Gasteiger partial charge in [-0.25, -0.2) is 0 Å². The SMILES string of the molecule is CC(=O)C(N=[N+]=[N-])P(=O)(O)O. The highest BCUT2D eigenvalue weighted by Gasteiger charge is 2.31. The summed E-state index contributed by atoms with van der Waals surface area (Å²) in [5.74, 6) is -2.73. The standard InChI is InChI=1S/C3H6N3O4P/c1-2(7)3(5-6-4)11(8,9)10/h3H,1H3,(H2,8,9,10). The third kappa shape index (κ3) is 3.15. The molecule has 62 valence electrons. The maximum atomic E-state index is 10.4. The van der Waals surface area contributed by atoms with E-state index in [9.17, 15) is 9.36 Å². The summed E-state index contributed by atoms with van der Waals surface area (Å²) in [4.78, 5) is 29.4. The van der Waals surface area contributed by atoms with Crippen LogP contribution in [-0.4, -0.2) is 21.4 Å². The first-order chi connectivity index (χ1) is 4.89. The topological polar surface area (TPSA) is 123 Å². The largest absolute Gasteiger partial charge is 0.341 e. The highest BCUT2D eigenvalue weighted by molar-refractivity contribution is 7.53. The van der Waals surface area contributed by atoms with Crippen LogP contribution in [-0.2, 0) is 9.36 Å². The van der Waals surface area contributed by atoms with Crippen LogP contribution in [0.4, 0.5) is 0 Å². The Morgan fingerprint density at radius 3 is 2.27 bits per heavy atom. The number of rotatable bonds is 3. The highest BCUT2D eigenvalue weighted by Crippen LogP contribution is 2.42. The number of azide groups is 1. The molecule has 0 bridgehead atoms. The lowest BCUT2D eigenvalue weighted by molar-refractivity contribution is -0.116. The Morgan fingerprint density at radius 2 is 2.18 bits per heavy atom. The van der Waals surface area contributed by atoms with Crippen molar-refractivity contribution in [2.45, 2.75) is 12.7 Å². The molecule has 11 heavy (non-hydrogen) atoms. The molecule has 0 aromatic heterocycles. The molecule has 0 rings (SSSR count). The van der Waals surface area contributed by atoms with Gasteiger partial charge in [-0.1, -0.05) is 5.11 Å². The van der Waals surface area contributed by atoms with Crippen LogP contribution in [0.5, 0.6) is 0 Å². The summed E-state index contributed by atoms with van der Waals surface area (Å²) in [6, 6.07) is 0. The molecule has 2 N–H and O–H groups in total. The summed E-state index contributed by atoms with van der Waals surface area (Å²) < 4.78 is 10.4. The number of ketones is 1. The zero-order chi connectivity index (χ0) is 9.07. The molecule has 0 saturated carbocycles. The second kappa shape index (κ2) is 3.50. The van der Waals surface area contributed by atoms with Gasteiger partial charge < -0.3 is 9.79 Å². The molecule has 0 aliphatic rings. The van der Waals surface area contributed by atoms with Gasteiger partial charge in [-0.15, -0.1) is 0 Å². The smallest absolute Gasteiger partial charge is 0.324 e. The molecule has 0 radical (unpaired) electrons. The van der Waals surface area contributed by atoms with Crippen molar-refractivity contribution < 1.29 is 19.1 Å². The van der Waals surface area contributed by atoms with Crippen molar-refractivity contribution in [1.82, 2.24) is 0 Å². The van der Waals surface area contributed by atoms with Crippen molar-refractivity contribution in [1.29, 1.82) is 0 Å². The van der Waals surface area contributed by atoms with Gasteiger partial charge in [0, 0.05) is 4.91 Å². The highest BCUT2D eigenvalue weighted by atomic mass is 31.2. The van der Waals surface area contributed by atoms with Gasteiger partial charge in [0.2, 0.25) is 0 Å². The first kappa shape index (κ1) is 10.1. The molecule has 0 aliphatic heterocycles. The summed E-state index contributed by atoms with van der Waals surface area (Å²) in [6.07, 6.45) is 0. The second-order valence-electron chi connectivity index (χ2n) is 1.78. The van der Waals surface area contributed by atoms with E-state index in [1.165, 1.54) is 0 Å². The van der Waals surface area contributed by atoms with Crippen molar-refractivity contribution in [2.24, 2.45) is 5.11 Å². The van der Waals surface area contributed by atoms with Crippen LogP contribution in [0.15, 0.2) is 5.11 Å². The van der Waals surface area contributed by atoms with Gasteiger partial charge in [0.25, 0.3) is 0 Å². The number of nitrogens with zero attached hydrogens (tertiary/aromatic N) is 3. The molecule has 0 aromatic rings. The minimum Gasteiger partial charge on any atom is -0.324 e. The van der Waals surface area contributed by atoms with Gasteiger partial charge in [-0.2, -0.15) is 0 Å². The van der Waals surface area contributed by atoms with E-state index in [-0.39, 0.29) is 0 Å². The van der Waals surface area contributed by atoms with Crippen LogP contribution in [0.3, 0.4) is 0 Å². The lowest BCUT2D eigenvalue weighted by atomic mass is 10.5.